The Hall–Kier alpha value is -3.28. The lowest BCUT2D eigenvalue weighted by atomic mass is 10.2. The SMILES string of the molecule is Cc1ccc(Nc2ncc(C(=O)NCc3ccncc3)cn2)cc1. The molecule has 0 spiro atoms. The zero-order valence-electron chi connectivity index (χ0n) is 13.2. The van der Waals surface area contributed by atoms with Crippen molar-refractivity contribution in [2.45, 2.75) is 13.5 Å². The second-order valence-corrected chi connectivity index (χ2v) is 5.32. The van der Waals surface area contributed by atoms with Crippen molar-refractivity contribution in [2.75, 3.05) is 5.32 Å². The second kappa shape index (κ2) is 7.32. The summed E-state index contributed by atoms with van der Waals surface area (Å²) in [6, 6.07) is 11.6. The number of pyridine rings is 1. The highest BCUT2D eigenvalue weighted by molar-refractivity contribution is 5.93. The van der Waals surface area contributed by atoms with Crippen molar-refractivity contribution in [1.82, 2.24) is 20.3 Å². The van der Waals surface area contributed by atoms with Gasteiger partial charge in [0.15, 0.2) is 0 Å². The van der Waals surface area contributed by atoms with Gasteiger partial charge >= 0.3 is 0 Å². The molecular weight excluding hydrogens is 302 g/mol. The van der Waals surface area contributed by atoms with Crippen molar-refractivity contribution >= 4 is 17.5 Å². The highest BCUT2D eigenvalue weighted by Crippen LogP contribution is 2.13. The van der Waals surface area contributed by atoms with Crippen LogP contribution in [0.15, 0.2) is 61.2 Å². The summed E-state index contributed by atoms with van der Waals surface area (Å²) in [5.74, 6) is 0.234. The lowest BCUT2D eigenvalue weighted by molar-refractivity contribution is 0.0950. The van der Waals surface area contributed by atoms with Crippen molar-refractivity contribution in [3.8, 4) is 0 Å². The monoisotopic (exact) mass is 319 g/mol. The number of rotatable bonds is 5. The molecular formula is C18H17N5O. The first kappa shape index (κ1) is 15.6. The van der Waals surface area contributed by atoms with Gasteiger partial charge in [-0.2, -0.15) is 0 Å². The van der Waals surface area contributed by atoms with E-state index in [1.165, 1.54) is 18.0 Å². The highest BCUT2D eigenvalue weighted by atomic mass is 16.1. The first-order valence-corrected chi connectivity index (χ1v) is 7.53. The van der Waals surface area contributed by atoms with E-state index in [1.807, 2.05) is 43.3 Å². The lowest BCUT2D eigenvalue weighted by Crippen LogP contribution is -2.23. The number of hydrogen-bond acceptors (Lipinski definition) is 5. The van der Waals surface area contributed by atoms with Crippen LogP contribution in [0.4, 0.5) is 11.6 Å². The molecule has 0 fully saturated rings. The fraction of sp³-hybridized carbons (Fsp3) is 0.111. The molecule has 2 N–H and O–H groups in total. The Labute approximate surface area is 140 Å². The normalized spacial score (nSPS) is 10.2. The van der Waals surface area contributed by atoms with Gasteiger partial charge in [0.25, 0.3) is 5.91 Å². The van der Waals surface area contributed by atoms with E-state index < -0.39 is 0 Å². The Balaban J connectivity index is 1.59. The van der Waals surface area contributed by atoms with E-state index in [0.29, 0.717) is 18.1 Å². The molecule has 0 aliphatic carbocycles. The van der Waals surface area contributed by atoms with E-state index >= 15 is 0 Å². The molecule has 120 valence electrons. The van der Waals surface area contributed by atoms with Crippen LogP contribution >= 0.6 is 0 Å². The van der Waals surface area contributed by atoms with Gasteiger partial charge in [0.05, 0.1) is 5.56 Å². The molecule has 2 aromatic heterocycles. The minimum atomic E-state index is -0.214. The number of aryl methyl sites for hydroxylation is 1. The predicted molar refractivity (Wildman–Crippen MR) is 91.9 cm³/mol. The highest BCUT2D eigenvalue weighted by Gasteiger charge is 2.07. The third kappa shape index (κ3) is 4.13. The van der Waals surface area contributed by atoms with Gasteiger partial charge in [-0.3, -0.25) is 9.78 Å². The molecule has 3 aromatic rings. The lowest BCUT2D eigenvalue weighted by Gasteiger charge is -2.07. The number of hydrogen-bond donors (Lipinski definition) is 2. The summed E-state index contributed by atoms with van der Waals surface area (Å²) in [7, 11) is 0. The van der Waals surface area contributed by atoms with Crippen LogP contribution in [0.5, 0.6) is 0 Å². The van der Waals surface area contributed by atoms with Gasteiger partial charge in [0, 0.05) is 37.0 Å². The van der Waals surface area contributed by atoms with Gasteiger partial charge in [0.1, 0.15) is 0 Å². The maximum Gasteiger partial charge on any atom is 0.254 e. The minimum absolute atomic E-state index is 0.214. The Kier molecular flexibility index (Phi) is 4.76. The third-order valence-electron chi connectivity index (χ3n) is 3.42. The molecule has 1 aromatic carbocycles. The van der Waals surface area contributed by atoms with Gasteiger partial charge in [-0.15, -0.1) is 0 Å². The molecule has 0 saturated heterocycles. The average Bonchev–Trinajstić information content (AvgIpc) is 2.63. The molecule has 24 heavy (non-hydrogen) atoms. The number of benzene rings is 1. The second-order valence-electron chi connectivity index (χ2n) is 5.32. The molecule has 6 nitrogen and oxygen atoms in total. The van der Waals surface area contributed by atoms with Gasteiger partial charge in [0.2, 0.25) is 5.95 Å². The Morgan fingerprint density at radius 2 is 1.67 bits per heavy atom. The molecule has 0 unspecified atom stereocenters. The third-order valence-corrected chi connectivity index (χ3v) is 3.42. The molecule has 2 heterocycles. The van der Waals surface area contributed by atoms with Crippen LogP contribution < -0.4 is 10.6 Å². The summed E-state index contributed by atoms with van der Waals surface area (Å²) in [5.41, 5.74) is 3.48. The topological polar surface area (TPSA) is 79.8 Å². The number of amides is 1. The number of aromatic nitrogens is 3. The van der Waals surface area contributed by atoms with Crippen LogP contribution in [0.2, 0.25) is 0 Å². The minimum Gasteiger partial charge on any atom is -0.348 e. The Morgan fingerprint density at radius 1 is 1.00 bits per heavy atom. The van der Waals surface area contributed by atoms with Gasteiger partial charge in [-0.1, -0.05) is 17.7 Å². The first-order chi connectivity index (χ1) is 11.7. The van der Waals surface area contributed by atoms with Crippen LogP contribution in [0.1, 0.15) is 21.5 Å². The maximum absolute atomic E-state index is 12.1. The summed E-state index contributed by atoms with van der Waals surface area (Å²) in [6.45, 7) is 2.46. The van der Waals surface area contributed by atoms with Crippen LogP contribution in [-0.2, 0) is 6.54 Å². The van der Waals surface area contributed by atoms with Crippen molar-refractivity contribution in [2.24, 2.45) is 0 Å². The van der Waals surface area contributed by atoms with E-state index in [9.17, 15) is 4.79 Å². The van der Waals surface area contributed by atoms with E-state index in [2.05, 4.69) is 25.6 Å². The van der Waals surface area contributed by atoms with Crippen LogP contribution in [0.3, 0.4) is 0 Å². The smallest absolute Gasteiger partial charge is 0.254 e. The van der Waals surface area contributed by atoms with Crippen molar-refractivity contribution in [1.29, 1.82) is 0 Å². The van der Waals surface area contributed by atoms with Crippen LogP contribution in [0.25, 0.3) is 0 Å². The first-order valence-electron chi connectivity index (χ1n) is 7.53. The fourth-order valence-corrected chi connectivity index (χ4v) is 2.06. The van der Waals surface area contributed by atoms with Crippen LogP contribution in [-0.4, -0.2) is 20.9 Å². The van der Waals surface area contributed by atoms with E-state index in [0.717, 1.165) is 11.3 Å². The van der Waals surface area contributed by atoms with Crippen molar-refractivity contribution < 1.29 is 4.79 Å². The van der Waals surface area contributed by atoms with Crippen molar-refractivity contribution in [3.05, 3.63) is 77.9 Å². The molecule has 1 amide bonds. The summed E-state index contributed by atoms with van der Waals surface area (Å²) in [5, 5.41) is 5.92. The fourth-order valence-electron chi connectivity index (χ4n) is 2.06. The largest absolute Gasteiger partial charge is 0.348 e. The maximum atomic E-state index is 12.1. The molecule has 0 radical (unpaired) electrons. The van der Waals surface area contributed by atoms with Crippen molar-refractivity contribution in [3.63, 3.8) is 0 Å². The summed E-state index contributed by atoms with van der Waals surface area (Å²) in [4.78, 5) is 24.4. The number of nitrogens with one attached hydrogen (secondary N) is 2. The molecule has 0 bridgehead atoms. The Bertz CT molecular complexity index is 801. The number of carbonyl (C=O) groups is 1. The Morgan fingerprint density at radius 3 is 2.33 bits per heavy atom. The van der Waals surface area contributed by atoms with Gasteiger partial charge in [-0.25, -0.2) is 9.97 Å². The van der Waals surface area contributed by atoms with Gasteiger partial charge < -0.3 is 10.6 Å². The van der Waals surface area contributed by atoms with E-state index in [-0.39, 0.29) is 5.91 Å². The quantitative estimate of drug-likeness (QED) is 0.756. The summed E-state index contributed by atoms with van der Waals surface area (Å²) in [6.07, 6.45) is 6.39. The van der Waals surface area contributed by atoms with Crippen LogP contribution in [0, 0.1) is 6.92 Å². The average molecular weight is 319 g/mol. The predicted octanol–water partition coefficient (Wildman–Crippen LogP) is 2.85. The van der Waals surface area contributed by atoms with E-state index in [4.69, 9.17) is 0 Å². The zero-order valence-corrected chi connectivity index (χ0v) is 13.2. The van der Waals surface area contributed by atoms with Gasteiger partial charge in [-0.05, 0) is 36.8 Å². The molecule has 3 rings (SSSR count). The molecule has 0 saturated carbocycles. The standard InChI is InChI=1S/C18H17N5O/c1-13-2-4-16(5-3-13)23-18-21-11-15(12-22-18)17(24)20-10-14-6-8-19-9-7-14/h2-9,11-12H,10H2,1H3,(H,20,24)(H,21,22,23). The molecule has 6 heteroatoms. The number of carbonyl (C=O) groups excluding carboxylic acids is 1. The van der Waals surface area contributed by atoms with E-state index in [1.54, 1.807) is 12.4 Å². The number of anilines is 2. The molecule has 0 atom stereocenters. The molecule has 0 aliphatic heterocycles. The zero-order chi connectivity index (χ0) is 16.8. The summed E-state index contributed by atoms with van der Waals surface area (Å²) < 4.78 is 0. The number of nitrogens with zero attached hydrogens (tertiary/aromatic N) is 3. The summed E-state index contributed by atoms with van der Waals surface area (Å²) >= 11 is 0. The molecule has 0 aliphatic rings.